The zero-order valence-corrected chi connectivity index (χ0v) is 12.0. The van der Waals surface area contributed by atoms with Gasteiger partial charge in [0.05, 0.1) is 6.61 Å². The summed E-state index contributed by atoms with van der Waals surface area (Å²) in [5.41, 5.74) is 6.87. The molecule has 0 radical (unpaired) electrons. The van der Waals surface area contributed by atoms with E-state index in [-0.39, 0.29) is 24.2 Å². The van der Waals surface area contributed by atoms with E-state index in [9.17, 15) is 5.11 Å². The van der Waals surface area contributed by atoms with E-state index in [2.05, 4.69) is 6.92 Å². The molecule has 0 aliphatic carbocycles. The van der Waals surface area contributed by atoms with Gasteiger partial charge in [0, 0.05) is 11.6 Å². The van der Waals surface area contributed by atoms with Crippen LogP contribution in [0.1, 0.15) is 51.1 Å². The zero-order chi connectivity index (χ0) is 12.7. The first-order chi connectivity index (χ1) is 8.20. The van der Waals surface area contributed by atoms with Crippen molar-refractivity contribution >= 4 is 12.4 Å². The van der Waals surface area contributed by atoms with E-state index in [0.29, 0.717) is 12.4 Å². The van der Waals surface area contributed by atoms with Crippen molar-refractivity contribution in [3.63, 3.8) is 0 Å². The summed E-state index contributed by atoms with van der Waals surface area (Å²) in [5.74, 6) is 0.717. The Bertz CT molecular complexity index is 345. The van der Waals surface area contributed by atoms with Crippen LogP contribution in [0.15, 0.2) is 18.2 Å². The highest BCUT2D eigenvalue weighted by atomic mass is 35.5. The van der Waals surface area contributed by atoms with Gasteiger partial charge in [-0.2, -0.15) is 0 Å². The number of phenolic OH excluding ortho intramolecular Hbond substituents is 1. The first kappa shape index (κ1) is 17.1. The number of para-hydroxylation sites is 1. The third kappa shape index (κ3) is 4.75. The molecule has 3 N–H and O–H groups in total. The summed E-state index contributed by atoms with van der Waals surface area (Å²) in [6.07, 6.45) is 4.35. The molecule has 0 saturated heterocycles. The number of phenols is 1. The second-order valence-electron chi connectivity index (χ2n) is 4.23. The minimum atomic E-state index is -0.109. The number of hydrogen-bond acceptors (Lipinski definition) is 3. The van der Waals surface area contributed by atoms with Crippen LogP contribution in [0.25, 0.3) is 0 Å². The highest BCUT2D eigenvalue weighted by Crippen LogP contribution is 2.34. The summed E-state index contributed by atoms with van der Waals surface area (Å²) in [7, 11) is 0. The lowest BCUT2D eigenvalue weighted by atomic mass is 10.00. The molecule has 1 aromatic carbocycles. The van der Waals surface area contributed by atoms with Crippen molar-refractivity contribution < 1.29 is 9.84 Å². The fourth-order valence-corrected chi connectivity index (χ4v) is 1.88. The second-order valence-corrected chi connectivity index (χ2v) is 4.23. The topological polar surface area (TPSA) is 55.5 Å². The SMILES string of the molecule is CCCCC[C@H](N)c1cccc(OCC)c1O.Cl. The Morgan fingerprint density at radius 1 is 1.28 bits per heavy atom. The molecule has 0 bridgehead atoms. The van der Waals surface area contributed by atoms with Crippen molar-refractivity contribution in [2.24, 2.45) is 5.73 Å². The van der Waals surface area contributed by atoms with Gasteiger partial charge in [-0.3, -0.25) is 0 Å². The zero-order valence-electron chi connectivity index (χ0n) is 11.2. The summed E-state index contributed by atoms with van der Waals surface area (Å²) in [6, 6.07) is 5.40. The predicted molar refractivity (Wildman–Crippen MR) is 77.6 cm³/mol. The maximum atomic E-state index is 10.0. The second kappa shape index (κ2) is 9.06. The molecule has 0 aliphatic heterocycles. The monoisotopic (exact) mass is 273 g/mol. The molecule has 0 unspecified atom stereocenters. The lowest BCUT2D eigenvalue weighted by molar-refractivity contribution is 0.315. The molecular formula is C14H24ClNO2. The fraction of sp³-hybridized carbons (Fsp3) is 0.571. The maximum absolute atomic E-state index is 10.0. The van der Waals surface area contributed by atoms with E-state index in [1.807, 2.05) is 19.1 Å². The van der Waals surface area contributed by atoms with Crippen molar-refractivity contribution in [1.29, 1.82) is 0 Å². The molecule has 0 aliphatic rings. The van der Waals surface area contributed by atoms with Gasteiger partial charge in [-0.25, -0.2) is 0 Å². The van der Waals surface area contributed by atoms with E-state index in [0.717, 1.165) is 18.4 Å². The first-order valence-electron chi connectivity index (χ1n) is 6.40. The highest BCUT2D eigenvalue weighted by Gasteiger charge is 2.13. The molecule has 0 spiro atoms. The minimum absolute atomic E-state index is 0. The number of ether oxygens (including phenoxy) is 1. The summed E-state index contributed by atoms with van der Waals surface area (Å²) in [5, 5.41) is 10.0. The van der Waals surface area contributed by atoms with Gasteiger partial charge in [0.25, 0.3) is 0 Å². The van der Waals surface area contributed by atoms with Crippen LogP contribution in [0.3, 0.4) is 0 Å². The van der Waals surface area contributed by atoms with E-state index in [4.69, 9.17) is 10.5 Å². The Morgan fingerprint density at radius 2 is 2.00 bits per heavy atom. The first-order valence-corrected chi connectivity index (χ1v) is 6.40. The minimum Gasteiger partial charge on any atom is -0.504 e. The maximum Gasteiger partial charge on any atom is 0.162 e. The molecule has 0 saturated carbocycles. The van der Waals surface area contributed by atoms with Gasteiger partial charge in [0.15, 0.2) is 11.5 Å². The molecule has 3 nitrogen and oxygen atoms in total. The fourth-order valence-electron chi connectivity index (χ4n) is 1.88. The van der Waals surface area contributed by atoms with E-state index < -0.39 is 0 Å². The molecule has 18 heavy (non-hydrogen) atoms. The van der Waals surface area contributed by atoms with Gasteiger partial charge in [0.1, 0.15) is 0 Å². The molecular weight excluding hydrogens is 250 g/mol. The summed E-state index contributed by atoms with van der Waals surface area (Å²) in [6.45, 7) is 4.61. The van der Waals surface area contributed by atoms with Crippen LogP contribution in [0.4, 0.5) is 0 Å². The van der Waals surface area contributed by atoms with Crippen LogP contribution >= 0.6 is 12.4 Å². The Morgan fingerprint density at radius 3 is 2.61 bits per heavy atom. The largest absolute Gasteiger partial charge is 0.504 e. The molecule has 1 atom stereocenters. The van der Waals surface area contributed by atoms with Gasteiger partial charge in [0.2, 0.25) is 0 Å². The number of hydrogen-bond donors (Lipinski definition) is 2. The average molecular weight is 274 g/mol. The highest BCUT2D eigenvalue weighted by molar-refractivity contribution is 5.85. The Balaban J connectivity index is 0.00000289. The number of rotatable bonds is 7. The normalized spacial score (nSPS) is 11.7. The smallest absolute Gasteiger partial charge is 0.162 e. The van der Waals surface area contributed by atoms with Crippen LogP contribution in [-0.2, 0) is 0 Å². The lowest BCUT2D eigenvalue weighted by Gasteiger charge is -2.15. The van der Waals surface area contributed by atoms with Crippen LogP contribution in [-0.4, -0.2) is 11.7 Å². The number of benzene rings is 1. The van der Waals surface area contributed by atoms with Crippen molar-refractivity contribution in [3.05, 3.63) is 23.8 Å². The third-order valence-electron chi connectivity index (χ3n) is 2.85. The quantitative estimate of drug-likeness (QED) is 0.743. The van der Waals surface area contributed by atoms with E-state index >= 15 is 0 Å². The van der Waals surface area contributed by atoms with Gasteiger partial charge >= 0.3 is 0 Å². The molecule has 0 fully saturated rings. The number of nitrogens with two attached hydrogens (primary N) is 1. The molecule has 104 valence electrons. The number of halogens is 1. The van der Waals surface area contributed by atoms with E-state index in [1.165, 1.54) is 12.8 Å². The molecule has 4 heteroatoms. The molecule has 0 heterocycles. The van der Waals surface area contributed by atoms with Gasteiger partial charge in [-0.1, -0.05) is 38.3 Å². The average Bonchev–Trinajstić information content (AvgIpc) is 2.32. The number of unbranched alkanes of at least 4 members (excludes halogenated alkanes) is 2. The van der Waals surface area contributed by atoms with Gasteiger partial charge < -0.3 is 15.6 Å². The van der Waals surface area contributed by atoms with Crippen LogP contribution in [0, 0.1) is 0 Å². The van der Waals surface area contributed by atoms with Crippen LogP contribution in [0.5, 0.6) is 11.5 Å². The molecule has 1 rings (SSSR count). The van der Waals surface area contributed by atoms with Crippen LogP contribution in [0.2, 0.25) is 0 Å². The summed E-state index contributed by atoms with van der Waals surface area (Å²) >= 11 is 0. The Labute approximate surface area is 116 Å². The third-order valence-corrected chi connectivity index (χ3v) is 2.85. The molecule has 0 amide bonds. The van der Waals surface area contributed by atoms with Gasteiger partial charge in [-0.05, 0) is 19.4 Å². The predicted octanol–water partition coefficient (Wildman–Crippen LogP) is 3.79. The Hall–Kier alpha value is -0.930. The van der Waals surface area contributed by atoms with Crippen molar-refractivity contribution in [3.8, 4) is 11.5 Å². The standard InChI is InChI=1S/C14H23NO2.ClH/c1-3-5-6-9-12(15)11-8-7-10-13(14(11)16)17-4-2;/h7-8,10,12,16H,3-6,9,15H2,1-2H3;1H/t12-;/m0./s1. The number of aromatic hydroxyl groups is 1. The lowest BCUT2D eigenvalue weighted by Crippen LogP contribution is -2.10. The van der Waals surface area contributed by atoms with Crippen molar-refractivity contribution in [2.75, 3.05) is 6.61 Å². The molecule has 1 aromatic rings. The summed E-state index contributed by atoms with van der Waals surface area (Å²) < 4.78 is 5.35. The van der Waals surface area contributed by atoms with Crippen LogP contribution < -0.4 is 10.5 Å². The summed E-state index contributed by atoms with van der Waals surface area (Å²) in [4.78, 5) is 0. The Kier molecular flexibility index (Phi) is 8.59. The van der Waals surface area contributed by atoms with E-state index in [1.54, 1.807) is 6.07 Å². The van der Waals surface area contributed by atoms with Crippen molar-refractivity contribution in [1.82, 2.24) is 0 Å². The molecule has 0 aromatic heterocycles. The van der Waals surface area contributed by atoms with Gasteiger partial charge in [-0.15, -0.1) is 12.4 Å². The van der Waals surface area contributed by atoms with Crippen molar-refractivity contribution in [2.45, 2.75) is 45.6 Å².